The number of hydrogen-bond donors (Lipinski definition) is 0. The molecule has 3 nitrogen and oxygen atoms in total. The van der Waals surface area contributed by atoms with Crippen LogP contribution < -0.4 is 4.74 Å². The van der Waals surface area contributed by atoms with Crippen LogP contribution in [0, 0.1) is 0 Å². The fraction of sp³-hybridized carbons (Fsp3) is 0.417. The topological polar surface area (TPSA) is 35.5 Å². The van der Waals surface area contributed by atoms with Crippen molar-refractivity contribution in [3.8, 4) is 5.75 Å². The van der Waals surface area contributed by atoms with E-state index >= 15 is 0 Å². The standard InChI is InChI=1S/C12H11F3O3S/c13-12(14,15)18-9-3-1-2-8(6-9)11(16)10-7-19-5-4-17-10/h1-3,6,10H,4-5,7H2. The minimum Gasteiger partial charge on any atom is -0.406 e. The highest BCUT2D eigenvalue weighted by molar-refractivity contribution is 7.99. The van der Waals surface area contributed by atoms with Crippen molar-refractivity contribution in [2.75, 3.05) is 18.1 Å². The van der Waals surface area contributed by atoms with Gasteiger partial charge in [-0.05, 0) is 12.1 Å². The lowest BCUT2D eigenvalue weighted by atomic mass is 10.1. The number of thioether (sulfide) groups is 1. The van der Waals surface area contributed by atoms with E-state index in [-0.39, 0.29) is 11.3 Å². The Bertz CT molecular complexity index is 456. The summed E-state index contributed by atoms with van der Waals surface area (Å²) in [5.41, 5.74) is 0.161. The SMILES string of the molecule is O=C(c1cccc(OC(F)(F)F)c1)C1CSCCO1. The maximum absolute atomic E-state index is 12.1. The molecule has 2 rings (SSSR count). The van der Waals surface area contributed by atoms with Crippen molar-refractivity contribution in [1.82, 2.24) is 0 Å². The van der Waals surface area contributed by atoms with Crippen LogP contribution in [0.4, 0.5) is 13.2 Å². The molecular weight excluding hydrogens is 281 g/mol. The number of Topliss-reactive ketones (excluding diaryl/α,β-unsaturated/α-hetero) is 1. The van der Waals surface area contributed by atoms with E-state index < -0.39 is 18.2 Å². The Morgan fingerprint density at radius 1 is 1.42 bits per heavy atom. The molecule has 1 fully saturated rings. The first-order chi connectivity index (χ1) is 8.96. The highest BCUT2D eigenvalue weighted by Crippen LogP contribution is 2.25. The summed E-state index contributed by atoms with van der Waals surface area (Å²) in [5.74, 6) is 0.617. The second-order valence-corrected chi connectivity index (χ2v) is 5.02. The molecule has 7 heteroatoms. The summed E-state index contributed by atoms with van der Waals surface area (Å²) in [7, 11) is 0. The summed E-state index contributed by atoms with van der Waals surface area (Å²) in [4.78, 5) is 12.0. The number of carbonyl (C=O) groups is 1. The van der Waals surface area contributed by atoms with Crippen LogP contribution in [0.1, 0.15) is 10.4 Å². The molecule has 1 saturated heterocycles. The lowest BCUT2D eigenvalue weighted by molar-refractivity contribution is -0.274. The van der Waals surface area contributed by atoms with Crippen LogP contribution in [0.15, 0.2) is 24.3 Å². The first kappa shape index (κ1) is 14.2. The molecular formula is C12H11F3O3S. The Labute approximate surface area is 112 Å². The third-order valence-electron chi connectivity index (χ3n) is 2.46. The lowest BCUT2D eigenvalue weighted by Gasteiger charge is -2.21. The molecule has 104 valence electrons. The third kappa shape index (κ3) is 4.14. The molecule has 1 unspecified atom stereocenters. The van der Waals surface area contributed by atoms with Gasteiger partial charge >= 0.3 is 6.36 Å². The van der Waals surface area contributed by atoms with Gasteiger partial charge in [-0.1, -0.05) is 12.1 Å². The van der Waals surface area contributed by atoms with Gasteiger partial charge in [0, 0.05) is 17.1 Å². The fourth-order valence-electron chi connectivity index (χ4n) is 1.67. The van der Waals surface area contributed by atoms with Crippen LogP contribution in [0.3, 0.4) is 0 Å². The van der Waals surface area contributed by atoms with Crippen LogP contribution in [-0.2, 0) is 4.74 Å². The maximum Gasteiger partial charge on any atom is 0.573 e. The van der Waals surface area contributed by atoms with Crippen LogP contribution in [0.2, 0.25) is 0 Å². The van der Waals surface area contributed by atoms with Gasteiger partial charge in [-0.15, -0.1) is 13.2 Å². The van der Waals surface area contributed by atoms with E-state index in [0.29, 0.717) is 12.4 Å². The summed E-state index contributed by atoms with van der Waals surface area (Å²) in [5, 5.41) is 0. The van der Waals surface area contributed by atoms with Crippen LogP contribution in [0.5, 0.6) is 5.75 Å². The monoisotopic (exact) mass is 292 g/mol. The largest absolute Gasteiger partial charge is 0.573 e. The summed E-state index contributed by atoms with van der Waals surface area (Å²) in [6.45, 7) is 0.472. The normalized spacial score (nSPS) is 20.1. The molecule has 1 aliphatic heterocycles. The first-order valence-corrected chi connectivity index (χ1v) is 6.70. The summed E-state index contributed by atoms with van der Waals surface area (Å²) < 4.78 is 45.4. The third-order valence-corrected chi connectivity index (χ3v) is 3.45. The predicted octanol–water partition coefficient (Wildman–Crippen LogP) is 2.90. The molecule has 1 aromatic carbocycles. The predicted molar refractivity (Wildman–Crippen MR) is 64.5 cm³/mol. The van der Waals surface area contributed by atoms with Crippen molar-refractivity contribution in [2.24, 2.45) is 0 Å². The van der Waals surface area contributed by atoms with E-state index in [4.69, 9.17) is 4.74 Å². The van der Waals surface area contributed by atoms with E-state index in [1.165, 1.54) is 12.1 Å². The molecule has 0 spiro atoms. The number of alkyl halides is 3. The number of benzene rings is 1. The number of ketones is 1. The number of halogens is 3. The molecule has 19 heavy (non-hydrogen) atoms. The summed E-state index contributed by atoms with van der Waals surface area (Å²) in [6.07, 6.45) is -5.36. The van der Waals surface area contributed by atoms with Gasteiger partial charge in [0.15, 0.2) is 5.78 Å². The molecule has 1 atom stereocenters. The van der Waals surface area contributed by atoms with Crippen molar-refractivity contribution < 1.29 is 27.4 Å². The van der Waals surface area contributed by atoms with Crippen LogP contribution in [0.25, 0.3) is 0 Å². The van der Waals surface area contributed by atoms with E-state index in [9.17, 15) is 18.0 Å². The van der Waals surface area contributed by atoms with Crippen molar-refractivity contribution in [3.05, 3.63) is 29.8 Å². The van der Waals surface area contributed by atoms with Crippen LogP contribution in [-0.4, -0.2) is 36.4 Å². The fourth-order valence-corrected chi connectivity index (χ4v) is 2.51. The molecule has 1 aliphatic rings. The van der Waals surface area contributed by atoms with Gasteiger partial charge in [0.2, 0.25) is 0 Å². The minimum absolute atomic E-state index is 0.161. The van der Waals surface area contributed by atoms with Crippen LogP contribution >= 0.6 is 11.8 Å². The Morgan fingerprint density at radius 3 is 2.84 bits per heavy atom. The molecule has 0 amide bonds. The maximum atomic E-state index is 12.1. The van der Waals surface area contributed by atoms with E-state index in [1.807, 2.05) is 0 Å². The molecule has 1 heterocycles. The summed E-state index contributed by atoms with van der Waals surface area (Å²) in [6, 6.07) is 5.04. The average Bonchev–Trinajstić information content (AvgIpc) is 2.37. The Hall–Kier alpha value is -1.21. The second-order valence-electron chi connectivity index (χ2n) is 3.87. The van der Waals surface area contributed by atoms with Gasteiger partial charge in [-0.2, -0.15) is 11.8 Å². The molecule has 0 bridgehead atoms. The van der Waals surface area contributed by atoms with E-state index in [1.54, 1.807) is 11.8 Å². The Balaban J connectivity index is 2.11. The van der Waals surface area contributed by atoms with Crippen molar-refractivity contribution in [1.29, 1.82) is 0 Å². The molecule has 0 aliphatic carbocycles. The Kier molecular flexibility index (Phi) is 4.36. The number of ether oxygens (including phenoxy) is 2. The van der Waals surface area contributed by atoms with Crippen molar-refractivity contribution in [3.63, 3.8) is 0 Å². The zero-order chi connectivity index (χ0) is 13.9. The van der Waals surface area contributed by atoms with Gasteiger partial charge < -0.3 is 9.47 Å². The average molecular weight is 292 g/mol. The number of rotatable bonds is 3. The molecule has 1 aromatic rings. The van der Waals surface area contributed by atoms with Crippen molar-refractivity contribution >= 4 is 17.5 Å². The minimum atomic E-state index is -4.77. The molecule has 0 radical (unpaired) electrons. The molecule has 0 saturated carbocycles. The van der Waals surface area contributed by atoms with E-state index in [0.717, 1.165) is 17.9 Å². The van der Waals surface area contributed by atoms with Gasteiger partial charge in [-0.3, -0.25) is 4.79 Å². The lowest BCUT2D eigenvalue weighted by Crippen LogP contribution is -2.31. The second kappa shape index (κ2) is 5.83. The number of carbonyl (C=O) groups excluding carboxylic acids is 1. The highest BCUT2D eigenvalue weighted by Gasteiger charge is 2.31. The van der Waals surface area contributed by atoms with Gasteiger partial charge in [-0.25, -0.2) is 0 Å². The van der Waals surface area contributed by atoms with Gasteiger partial charge in [0.25, 0.3) is 0 Å². The van der Waals surface area contributed by atoms with Crippen molar-refractivity contribution in [2.45, 2.75) is 12.5 Å². The Morgan fingerprint density at radius 2 is 2.21 bits per heavy atom. The highest BCUT2D eigenvalue weighted by atomic mass is 32.2. The molecule has 0 aromatic heterocycles. The smallest absolute Gasteiger partial charge is 0.406 e. The number of hydrogen-bond acceptors (Lipinski definition) is 4. The zero-order valence-electron chi connectivity index (χ0n) is 9.77. The first-order valence-electron chi connectivity index (χ1n) is 5.55. The van der Waals surface area contributed by atoms with Gasteiger partial charge in [0.05, 0.1) is 6.61 Å². The summed E-state index contributed by atoms with van der Waals surface area (Å²) >= 11 is 1.58. The zero-order valence-corrected chi connectivity index (χ0v) is 10.6. The van der Waals surface area contributed by atoms with Gasteiger partial charge in [0.1, 0.15) is 11.9 Å². The molecule has 0 N–H and O–H groups in total. The van der Waals surface area contributed by atoms with E-state index in [2.05, 4.69) is 4.74 Å². The quantitative estimate of drug-likeness (QED) is 0.803.